The van der Waals surface area contributed by atoms with Crippen LogP contribution in [0, 0.1) is 0 Å². The van der Waals surface area contributed by atoms with Crippen molar-refractivity contribution in [3.8, 4) is 0 Å². The monoisotopic (exact) mass is 424 g/mol. The quantitative estimate of drug-likeness (QED) is 0.701. The highest BCUT2D eigenvalue weighted by Crippen LogP contribution is 2.20. The number of nitrogens with one attached hydrogen (secondary N) is 1. The molecule has 2 rings (SSSR count). The molecule has 26 heavy (non-hydrogen) atoms. The molecular formula is C18H21BrN2O5. The SMILES string of the molecule is C=C(Br)C[C@H](NC(=O)[C@H]1CCCN1C(=O)OCc1ccccc1)C(=O)O. The first-order valence-electron chi connectivity index (χ1n) is 8.22. The van der Waals surface area contributed by atoms with Gasteiger partial charge in [-0.1, -0.05) is 52.8 Å². The largest absolute Gasteiger partial charge is 0.480 e. The van der Waals surface area contributed by atoms with Gasteiger partial charge in [0.25, 0.3) is 0 Å². The summed E-state index contributed by atoms with van der Waals surface area (Å²) >= 11 is 3.10. The van der Waals surface area contributed by atoms with Gasteiger partial charge in [-0.3, -0.25) is 9.69 Å². The van der Waals surface area contributed by atoms with Crippen molar-refractivity contribution in [2.45, 2.75) is 38.0 Å². The molecule has 0 unspecified atom stereocenters. The average Bonchev–Trinajstić information content (AvgIpc) is 3.09. The first-order chi connectivity index (χ1) is 12.4. The zero-order chi connectivity index (χ0) is 19.1. The lowest BCUT2D eigenvalue weighted by Crippen LogP contribution is -2.50. The molecule has 140 valence electrons. The molecule has 8 heteroatoms. The molecule has 0 aromatic heterocycles. The van der Waals surface area contributed by atoms with Crippen molar-refractivity contribution in [3.63, 3.8) is 0 Å². The standard InChI is InChI=1S/C18H21BrN2O5/c1-12(19)10-14(17(23)24)20-16(22)15-8-5-9-21(15)18(25)26-11-13-6-3-2-4-7-13/h2-4,6-7,14-15H,1,5,8-11H2,(H,20,22)(H,23,24)/t14-,15+/m0/s1. The third-order valence-electron chi connectivity index (χ3n) is 4.04. The molecule has 0 aliphatic carbocycles. The third-order valence-corrected chi connectivity index (χ3v) is 4.36. The van der Waals surface area contributed by atoms with Crippen molar-refractivity contribution < 1.29 is 24.2 Å². The second-order valence-corrected chi connectivity index (χ2v) is 7.13. The van der Waals surface area contributed by atoms with Crippen LogP contribution in [-0.4, -0.2) is 46.6 Å². The maximum atomic E-state index is 12.5. The van der Waals surface area contributed by atoms with Gasteiger partial charge in [0, 0.05) is 13.0 Å². The fraction of sp³-hybridized carbons (Fsp3) is 0.389. The molecule has 0 spiro atoms. The fourth-order valence-corrected chi connectivity index (χ4v) is 3.07. The van der Waals surface area contributed by atoms with Gasteiger partial charge in [0.1, 0.15) is 18.7 Å². The van der Waals surface area contributed by atoms with E-state index in [1.54, 1.807) is 0 Å². The molecule has 2 atom stereocenters. The van der Waals surface area contributed by atoms with Crippen LogP contribution >= 0.6 is 15.9 Å². The Morgan fingerprint density at radius 3 is 2.65 bits per heavy atom. The number of amides is 2. The number of hydrogen-bond acceptors (Lipinski definition) is 4. The molecule has 1 aliphatic heterocycles. The zero-order valence-electron chi connectivity index (χ0n) is 14.2. The Balaban J connectivity index is 1.95. The first-order valence-corrected chi connectivity index (χ1v) is 9.01. The van der Waals surface area contributed by atoms with E-state index >= 15 is 0 Å². The van der Waals surface area contributed by atoms with Crippen LogP contribution in [0.25, 0.3) is 0 Å². The van der Waals surface area contributed by atoms with Gasteiger partial charge in [0.15, 0.2) is 0 Å². The van der Waals surface area contributed by atoms with Crippen LogP contribution in [0.2, 0.25) is 0 Å². The number of halogens is 1. The third kappa shape index (κ3) is 5.59. The number of carboxylic acids is 1. The number of rotatable bonds is 7. The van der Waals surface area contributed by atoms with E-state index in [9.17, 15) is 19.5 Å². The number of likely N-dealkylation sites (tertiary alicyclic amines) is 1. The summed E-state index contributed by atoms with van der Waals surface area (Å²) < 4.78 is 5.75. The molecule has 1 heterocycles. The first kappa shape index (κ1) is 20.0. The van der Waals surface area contributed by atoms with Crippen LogP contribution in [0.15, 0.2) is 41.4 Å². The number of carbonyl (C=O) groups excluding carboxylic acids is 2. The zero-order valence-corrected chi connectivity index (χ0v) is 15.8. The summed E-state index contributed by atoms with van der Waals surface area (Å²) in [7, 11) is 0. The van der Waals surface area contributed by atoms with Crippen molar-refractivity contribution in [3.05, 3.63) is 47.0 Å². The average molecular weight is 425 g/mol. The molecule has 1 aromatic rings. The van der Waals surface area contributed by atoms with Crippen molar-refractivity contribution in [2.24, 2.45) is 0 Å². The Morgan fingerprint density at radius 1 is 1.35 bits per heavy atom. The van der Waals surface area contributed by atoms with Crippen LogP contribution in [0.1, 0.15) is 24.8 Å². The fourth-order valence-electron chi connectivity index (χ4n) is 2.75. The minimum absolute atomic E-state index is 0.0618. The van der Waals surface area contributed by atoms with Crippen molar-refractivity contribution >= 4 is 33.9 Å². The minimum atomic E-state index is -1.16. The summed E-state index contributed by atoms with van der Waals surface area (Å²) in [6.07, 6.45) is 0.602. The van der Waals surface area contributed by atoms with Gasteiger partial charge >= 0.3 is 12.1 Å². The van der Waals surface area contributed by atoms with E-state index < -0.39 is 30.1 Å². The van der Waals surface area contributed by atoms with Gasteiger partial charge in [-0.15, -0.1) is 0 Å². The number of carboxylic acid groups (broad SMARTS) is 1. The van der Waals surface area contributed by atoms with E-state index in [1.807, 2.05) is 30.3 Å². The molecular weight excluding hydrogens is 404 g/mol. The molecule has 0 radical (unpaired) electrons. The highest BCUT2D eigenvalue weighted by Gasteiger charge is 2.36. The molecule has 1 saturated heterocycles. The summed E-state index contributed by atoms with van der Waals surface area (Å²) in [5.74, 6) is -1.66. The number of ether oxygens (including phenoxy) is 1. The molecule has 0 saturated carbocycles. The second-order valence-electron chi connectivity index (χ2n) is 6.01. The smallest absolute Gasteiger partial charge is 0.410 e. The Morgan fingerprint density at radius 2 is 2.04 bits per heavy atom. The molecule has 2 N–H and O–H groups in total. The van der Waals surface area contributed by atoms with E-state index in [0.717, 1.165) is 5.56 Å². The molecule has 0 bridgehead atoms. The van der Waals surface area contributed by atoms with Crippen LogP contribution in [0.3, 0.4) is 0 Å². The highest BCUT2D eigenvalue weighted by atomic mass is 79.9. The molecule has 7 nitrogen and oxygen atoms in total. The summed E-state index contributed by atoms with van der Waals surface area (Å²) in [6.45, 7) is 4.11. The van der Waals surface area contributed by atoms with Crippen LogP contribution in [0.4, 0.5) is 4.79 Å². The molecule has 2 amide bonds. The van der Waals surface area contributed by atoms with E-state index in [0.29, 0.717) is 23.9 Å². The predicted octanol–water partition coefficient (Wildman–Crippen LogP) is 2.66. The van der Waals surface area contributed by atoms with Gasteiger partial charge in [-0.05, 0) is 22.9 Å². The maximum Gasteiger partial charge on any atom is 0.410 e. The Bertz CT molecular complexity index is 679. The summed E-state index contributed by atoms with van der Waals surface area (Å²) in [5, 5.41) is 11.7. The van der Waals surface area contributed by atoms with Gasteiger partial charge < -0.3 is 15.2 Å². The predicted molar refractivity (Wildman–Crippen MR) is 98.6 cm³/mol. The topological polar surface area (TPSA) is 95.9 Å². The van der Waals surface area contributed by atoms with Crippen molar-refractivity contribution in [2.75, 3.05) is 6.54 Å². The molecule has 1 fully saturated rings. The van der Waals surface area contributed by atoms with Gasteiger partial charge in [0.2, 0.25) is 5.91 Å². The van der Waals surface area contributed by atoms with Crippen LogP contribution in [0.5, 0.6) is 0 Å². The normalized spacial score (nSPS) is 17.4. The summed E-state index contributed by atoms with van der Waals surface area (Å²) in [4.78, 5) is 37.4. The maximum absolute atomic E-state index is 12.5. The van der Waals surface area contributed by atoms with Crippen molar-refractivity contribution in [1.29, 1.82) is 0 Å². The Hall–Kier alpha value is -2.35. The highest BCUT2D eigenvalue weighted by molar-refractivity contribution is 9.11. The molecule has 1 aliphatic rings. The Kier molecular flexibility index (Phi) is 7.20. The number of aliphatic carboxylic acids is 1. The number of benzene rings is 1. The lowest BCUT2D eigenvalue weighted by Gasteiger charge is -2.25. The molecule has 1 aromatic carbocycles. The van der Waals surface area contributed by atoms with Crippen LogP contribution < -0.4 is 5.32 Å². The van der Waals surface area contributed by atoms with E-state index in [-0.39, 0.29) is 13.0 Å². The van der Waals surface area contributed by atoms with E-state index in [2.05, 4.69) is 27.8 Å². The van der Waals surface area contributed by atoms with Crippen molar-refractivity contribution in [1.82, 2.24) is 10.2 Å². The van der Waals surface area contributed by atoms with Gasteiger partial charge in [-0.2, -0.15) is 0 Å². The lowest BCUT2D eigenvalue weighted by atomic mass is 10.1. The second kappa shape index (κ2) is 9.38. The van der Waals surface area contributed by atoms with Gasteiger partial charge in [-0.25, -0.2) is 9.59 Å². The minimum Gasteiger partial charge on any atom is -0.480 e. The Labute approximate surface area is 160 Å². The van der Waals surface area contributed by atoms with E-state index in [1.165, 1.54) is 4.90 Å². The van der Waals surface area contributed by atoms with Crippen LogP contribution in [-0.2, 0) is 20.9 Å². The lowest BCUT2D eigenvalue weighted by molar-refractivity contribution is -0.142. The summed E-state index contributed by atoms with van der Waals surface area (Å²) in [5.41, 5.74) is 0.850. The van der Waals surface area contributed by atoms with E-state index in [4.69, 9.17) is 4.74 Å². The summed E-state index contributed by atoms with van der Waals surface area (Å²) in [6, 6.07) is 7.41. The number of hydrogen-bond donors (Lipinski definition) is 2. The van der Waals surface area contributed by atoms with Gasteiger partial charge in [0.05, 0.1) is 0 Å². The number of carbonyl (C=O) groups is 3. The number of nitrogens with zero attached hydrogens (tertiary/aromatic N) is 1.